The zero-order chi connectivity index (χ0) is 23.2. The average Bonchev–Trinajstić information content (AvgIpc) is 3.22. The van der Waals surface area contributed by atoms with Crippen LogP contribution in [-0.4, -0.2) is 58.5 Å². The number of fused-ring (bicyclic) bond motifs is 4. The molecule has 7 nitrogen and oxygen atoms in total. The van der Waals surface area contributed by atoms with Gasteiger partial charge in [-0.3, -0.25) is 14.5 Å². The number of hydrogen-bond donors (Lipinski definition) is 1. The Labute approximate surface area is 206 Å². The maximum Gasteiger partial charge on any atom is 0.259 e. The van der Waals surface area contributed by atoms with E-state index >= 15 is 0 Å². The summed E-state index contributed by atoms with van der Waals surface area (Å²) < 4.78 is 5.82. The fourth-order valence-corrected chi connectivity index (χ4v) is 6.88. The average molecular weight is 499 g/mol. The van der Waals surface area contributed by atoms with Gasteiger partial charge in [0.2, 0.25) is 5.91 Å². The van der Waals surface area contributed by atoms with Crippen molar-refractivity contribution in [2.75, 3.05) is 32.8 Å². The number of nitrogens with one attached hydrogen (secondary N) is 1. The molecule has 0 spiro atoms. The smallest absolute Gasteiger partial charge is 0.259 e. The van der Waals surface area contributed by atoms with Gasteiger partial charge in [-0.15, -0.1) is 11.3 Å². The van der Waals surface area contributed by atoms with E-state index in [1.165, 1.54) is 16.9 Å². The number of ether oxygens (including phenoxy) is 1. The number of amides is 1. The van der Waals surface area contributed by atoms with E-state index in [4.69, 9.17) is 21.3 Å². The summed E-state index contributed by atoms with van der Waals surface area (Å²) in [4.78, 5) is 40.2. The van der Waals surface area contributed by atoms with Crippen LogP contribution in [0.25, 0.3) is 10.2 Å². The molecule has 2 aromatic heterocycles. The lowest BCUT2D eigenvalue weighted by atomic mass is 9.95. The molecule has 2 aliphatic heterocycles. The number of carbonyl (C=O) groups is 1. The van der Waals surface area contributed by atoms with Crippen LogP contribution in [0, 0.1) is 5.92 Å². The highest BCUT2D eigenvalue weighted by atomic mass is 35.5. The number of carbonyl (C=O) groups excluding carboxylic acids is 1. The number of H-pyrrole nitrogens is 1. The number of piperazine rings is 1. The third-order valence-corrected chi connectivity index (χ3v) is 8.63. The van der Waals surface area contributed by atoms with Gasteiger partial charge in [0.05, 0.1) is 17.8 Å². The Morgan fingerprint density at radius 1 is 1.21 bits per heavy atom. The lowest BCUT2D eigenvalue weighted by Crippen LogP contribution is -2.51. The summed E-state index contributed by atoms with van der Waals surface area (Å²) in [6.07, 6.45) is 5.05. The van der Waals surface area contributed by atoms with Gasteiger partial charge in [-0.05, 0) is 61.4 Å². The maximum absolute atomic E-state index is 13.1. The van der Waals surface area contributed by atoms with E-state index in [2.05, 4.69) is 9.88 Å². The van der Waals surface area contributed by atoms with Gasteiger partial charge in [-0.1, -0.05) is 11.6 Å². The second kappa shape index (κ2) is 8.98. The first-order chi connectivity index (χ1) is 16.5. The van der Waals surface area contributed by atoms with Crippen molar-refractivity contribution in [3.8, 4) is 5.75 Å². The number of rotatable bonds is 3. The van der Waals surface area contributed by atoms with E-state index in [-0.39, 0.29) is 17.4 Å². The summed E-state index contributed by atoms with van der Waals surface area (Å²) in [6, 6.07) is 5.58. The molecule has 1 aromatic carbocycles. The second-order valence-electron chi connectivity index (χ2n) is 9.47. The van der Waals surface area contributed by atoms with Crippen LogP contribution in [0.3, 0.4) is 0 Å². The monoisotopic (exact) mass is 498 g/mol. The molecule has 4 heterocycles. The van der Waals surface area contributed by atoms with Crippen molar-refractivity contribution in [2.45, 2.75) is 38.6 Å². The molecule has 0 saturated carbocycles. The zero-order valence-corrected chi connectivity index (χ0v) is 20.5. The summed E-state index contributed by atoms with van der Waals surface area (Å²) in [5, 5.41) is 1.47. The van der Waals surface area contributed by atoms with Crippen molar-refractivity contribution in [1.29, 1.82) is 0 Å². The third kappa shape index (κ3) is 4.12. The molecule has 9 heteroatoms. The molecule has 0 bridgehead atoms. The lowest BCUT2D eigenvalue weighted by molar-refractivity contribution is -0.138. The highest BCUT2D eigenvalue weighted by Gasteiger charge is 2.31. The molecule has 1 aliphatic carbocycles. The third-order valence-electron chi connectivity index (χ3n) is 7.21. The molecule has 1 saturated heterocycles. The first-order valence-corrected chi connectivity index (χ1v) is 13.2. The number of aromatic nitrogens is 2. The van der Waals surface area contributed by atoms with Crippen molar-refractivity contribution in [1.82, 2.24) is 19.8 Å². The van der Waals surface area contributed by atoms with Crippen LogP contribution in [0.1, 0.15) is 34.7 Å². The van der Waals surface area contributed by atoms with E-state index in [0.29, 0.717) is 43.5 Å². The van der Waals surface area contributed by atoms with Gasteiger partial charge in [0.25, 0.3) is 5.56 Å². The highest BCUT2D eigenvalue weighted by Crippen LogP contribution is 2.34. The number of halogens is 1. The molecule has 3 aromatic rings. The van der Waals surface area contributed by atoms with Gasteiger partial charge >= 0.3 is 0 Å². The topological polar surface area (TPSA) is 78.5 Å². The SMILES string of the molecule is O=C(C1COc2ccc(Cl)cc2C1)N1CCN(Cc2nc3sc4c(c3c(=O)[nH]2)CCCC4)CC1. The predicted octanol–water partition coefficient (Wildman–Crippen LogP) is 3.41. The minimum Gasteiger partial charge on any atom is -0.492 e. The number of nitrogens with zero attached hydrogens (tertiary/aromatic N) is 3. The molecule has 1 unspecified atom stereocenters. The molecule has 1 amide bonds. The Morgan fingerprint density at radius 3 is 2.88 bits per heavy atom. The van der Waals surface area contributed by atoms with Crippen LogP contribution in [0.2, 0.25) is 5.02 Å². The molecule has 3 aliphatic rings. The summed E-state index contributed by atoms with van der Waals surface area (Å²) >= 11 is 7.80. The van der Waals surface area contributed by atoms with Gasteiger partial charge < -0.3 is 14.6 Å². The van der Waals surface area contributed by atoms with Gasteiger partial charge in [0.15, 0.2) is 0 Å². The number of aromatic amines is 1. The van der Waals surface area contributed by atoms with Crippen LogP contribution in [0.4, 0.5) is 0 Å². The second-order valence-corrected chi connectivity index (χ2v) is 11.0. The van der Waals surface area contributed by atoms with Crippen molar-refractivity contribution < 1.29 is 9.53 Å². The quantitative estimate of drug-likeness (QED) is 0.598. The molecule has 1 fully saturated rings. The number of hydrogen-bond acceptors (Lipinski definition) is 6. The summed E-state index contributed by atoms with van der Waals surface area (Å²) in [5.41, 5.74) is 2.21. The van der Waals surface area contributed by atoms with Crippen molar-refractivity contribution in [3.63, 3.8) is 0 Å². The van der Waals surface area contributed by atoms with Gasteiger partial charge in [-0.25, -0.2) is 4.98 Å². The van der Waals surface area contributed by atoms with Crippen LogP contribution < -0.4 is 10.3 Å². The van der Waals surface area contributed by atoms with Crippen LogP contribution >= 0.6 is 22.9 Å². The Hall–Kier alpha value is -2.42. The van der Waals surface area contributed by atoms with Gasteiger partial charge in [0.1, 0.15) is 23.0 Å². The molecule has 1 N–H and O–H groups in total. The molecule has 0 radical (unpaired) electrons. The first-order valence-electron chi connectivity index (χ1n) is 12.0. The van der Waals surface area contributed by atoms with Crippen LogP contribution in [0.5, 0.6) is 5.75 Å². The first kappa shape index (κ1) is 22.1. The number of thiophene rings is 1. The van der Waals surface area contributed by atoms with E-state index in [0.717, 1.165) is 53.9 Å². The standard InChI is InChI=1S/C25H27ClN4O3S/c26-17-5-6-19-15(12-17)11-16(14-33-19)25(32)30-9-7-29(8-10-30)13-21-27-23(31)22-18-3-1-2-4-20(18)34-24(22)28-21/h5-6,12,16H,1-4,7-11,13-14H2,(H,27,28,31). The zero-order valence-electron chi connectivity index (χ0n) is 18.9. The van der Waals surface area contributed by atoms with Crippen LogP contribution in [0.15, 0.2) is 23.0 Å². The normalized spacial score (nSPS) is 20.6. The predicted molar refractivity (Wildman–Crippen MR) is 133 cm³/mol. The van der Waals surface area contributed by atoms with Crippen LogP contribution in [-0.2, 0) is 30.6 Å². The van der Waals surface area contributed by atoms with Crippen molar-refractivity contribution in [3.05, 3.63) is 55.4 Å². The van der Waals surface area contributed by atoms with E-state index < -0.39 is 0 Å². The Morgan fingerprint density at radius 2 is 2.03 bits per heavy atom. The molecular formula is C25H27ClN4O3S. The molecule has 34 heavy (non-hydrogen) atoms. The fraction of sp³-hybridized carbons (Fsp3) is 0.480. The Balaban J connectivity index is 1.09. The Kier molecular flexibility index (Phi) is 5.83. The molecule has 6 rings (SSSR count). The van der Waals surface area contributed by atoms with E-state index in [1.54, 1.807) is 11.3 Å². The largest absolute Gasteiger partial charge is 0.492 e. The minimum atomic E-state index is -0.178. The fourth-order valence-electron chi connectivity index (χ4n) is 5.40. The van der Waals surface area contributed by atoms with Crippen molar-refractivity contribution in [2.24, 2.45) is 5.92 Å². The molecular weight excluding hydrogens is 472 g/mol. The molecule has 1 atom stereocenters. The minimum absolute atomic E-state index is 0.00843. The highest BCUT2D eigenvalue weighted by molar-refractivity contribution is 7.18. The maximum atomic E-state index is 13.1. The number of aryl methyl sites for hydroxylation is 2. The summed E-state index contributed by atoms with van der Waals surface area (Å²) in [5.74, 6) is 1.50. The van der Waals surface area contributed by atoms with E-state index in [9.17, 15) is 9.59 Å². The lowest BCUT2D eigenvalue weighted by Gasteiger charge is -2.37. The van der Waals surface area contributed by atoms with Gasteiger partial charge in [-0.2, -0.15) is 0 Å². The van der Waals surface area contributed by atoms with E-state index in [1.807, 2.05) is 23.1 Å². The summed E-state index contributed by atoms with van der Waals surface area (Å²) in [7, 11) is 0. The number of benzene rings is 1. The Bertz CT molecular complexity index is 1310. The molecule has 178 valence electrons. The van der Waals surface area contributed by atoms with Gasteiger partial charge in [0, 0.05) is 36.1 Å². The summed E-state index contributed by atoms with van der Waals surface area (Å²) in [6.45, 7) is 3.84. The van der Waals surface area contributed by atoms with Crippen molar-refractivity contribution >= 4 is 39.1 Å².